The summed E-state index contributed by atoms with van der Waals surface area (Å²) < 4.78 is 10.7. The van der Waals surface area contributed by atoms with Gasteiger partial charge in [-0.05, 0) is 44.2 Å². The number of carbonyl (C=O) groups excluding carboxylic acids is 1. The molecule has 152 valence electrons. The molecule has 4 rings (SSSR count). The first-order valence-corrected chi connectivity index (χ1v) is 9.69. The van der Waals surface area contributed by atoms with Crippen LogP contribution in [0.4, 0.5) is 0 Å². The predicted octanol–water partition coefficient (Wildman–Crippen LogP) is 3.26. The van der Waals surface area contributed by atoms with Crippen molar-refractivity contribution in [2.24, 2.45) is 5.92 Å². The van der Waals surface area contributed by atoms with Crippen LogP contribution in [0.25, 0.3) is 11.4 Å². The average molecular weight is 407 g/mol. The molecule has 1 aromatic carbocycles. The standard InChI is InChI=1S/C20H26N4O3.ClH/c1-12(21-19(25)16-11-13-7-3-5-9-15(13)22-16)20-23-18(24-27-20)14-8-4-6-10-17(14)26-2;/h4,6,8,10,12-13,15-16,22H,3,5,7,9,11H2,1-2H3,(H,21,25);1H. The molecule has 2 heterocycles. The first kappa shape index (κ1) is 20.6. The number of aromatic nitrogens is 2. The van der Waals surface area contributed by atoms with Gasteiger partial charge in [-0.15, -0.1) is 12.4 Å². The van der Waals surface area contributed by atoms with Gasteiger partial charge in [0.05, 0.1) is 18.7 Å². The fourth-order valence-corrected chi connectivity index (χ4v) is 4.25. The van der Waals surface area contributed by atoms with Gasteiger partial charge in [-0.3, -0.25) is 4.79 Å². The van der Waals surface area contributed by atoms with E-state index in [4.69, 9.17) is 9.26 Å². The first-order chi connectivity index (χ1) is 13.2. The van der Waals surface area contributed by atoms with E-state index in [-0.39, 0.29) is 30.4 Å². The molecular formula is C20H27ClN4O3. The highest BCUT2D eigenvalue weighted by atomic mass is 35.5. The molecule has 8 heteroatoms. The number of para-hydroxylation sites is 1. The maximum atomic E-state index is 12.7. The van der Waals surface area contributed by atoms with E-state index in [9.17, 15) is 4.79 Å². The number of rotatable bonds is 5. The molecule has 1 amide bonds. The lowest BCUT2D eigenvalue weighted by atomic mass is 9.85. The van der Waals surface area contributed by atoms with Crippen LogP contribution in [-0.4, -0.2) is 35.2 Å². The molecule has 1 aliphatic heterocycles. The molecule has 1 saturated heterocycles. The quantitative estimate of drug-likeness (QED) is 0.792. The summed E-state index contributed by atoms with van der Waals surface area (Å²) in [7, 11) is 1.61. The van der Waals surface area contributed by atoms with Crippen molar-refractivity contribution in [2.45, 2.75) is 57.2 Å². The Balaban J connectivity index is 0.00000225. The third-order valence-corrected chi connectivity index (χ3v) is 5.70. The van der Waals surface area contributed by atoms with E-state index in [2.05, 4.69) is 20.8 Å². The van der Waals surface area contributed by atoms with E-state index in [1.165, 1.54) is 25.7 Å². The highest BCUT2D eigenvalue weighted by Gasteiger charge is 2.38. The van der Waals surface area contributed by atoms with E-state index in [0.29, 0.717) is 29.4 Å². The van der Waals surface area contributed by atoms with Crippen LogP contribution in [0.15, 0.2) is 28.8 Å². The van der Waals surface area contributed by atoms with Crippen LogP contribution in [0, 0.1) is 5.92 Å². The van der Waals surface area contributed by atoms with Gasteiger partial charge in [0.2, 0.25) is 17.6 Å². The number of hydrogen-bond acceptors (Lipinski definition) is 6. The van der Waals surface area contributed by atoms with Gasteiger partial charge in [0.1, 0.15) is 11.8 Å². The summed E-state index contributed by atoms with van der Waals surface area (Å²) in [4.78, 5) is 17.1. The largest absolute Gasteiger partial charge is 0.496 e. The molecule has 2 aromatic rings. The Morgan fingerprint density at radius 1 is 1.32 bits per heavy atom. The minimum atomic E-state index is -0.349. The highest BCUT2D eigenvalue weighted by Crippen LogP contribution is 2.33. The molecular weight excluding hydrogens is 380 g/mol. The van der Waals surface area contributed by atoms with Crippen molar-refractivity contribution < 1.29 is 14.1 Å². The van der Waals surface area contributed by atoms with Gasteiger partial charge in [-0.25, -0.2) is 0 Å². The molecule has 1 aromatic heterocycles. The highest BCUT2D eigenvalue weighted by molar-refractivity contribution is 5.85. The number of halogens is 1. The number of carbonyl (C=O) groups is 1. The van der Waals surface area contributed by atoms with E-state index in [1.807, 2.05) is 31.2 Å². The molecule has 1 saturated carbocycles. The Morgan fingerprint density at radius 3 is 2.89 bits per heavy atom. The molecule has 7 nitrogen and oxygen atoms in total. The number of nitrogens with one attached hydrogen (secondary N) is 2. The lowest BCUT2D eigenvalue weighted by Crippen LogP contribution is -2.43. The normalized spacial score (nSPS) is 24.7. The van der Waals surface area contributed by atoms with Gasteiger partial charge in [0, 0.05) is 6.04 Å². The lowest BCUT2D eigenvalue weighted by molar-refractivity contribution is -0.123. The molecule has 4 unspecified atom stereocenters. The minimum Gasteiger partial charge on any atom is -0.496 e. The maximum Gasteiger partial charge on any atom is 0.249 e. The first-order valence-electron chi connectivity index (χ1n) is 9.69. The molecule has 1 aliphatic carbocycles. The second kappa shape index (κ2) is 8.92. The van der Waals surface area contributed by atoms with Crippen molar-refractivity contribution in [1.29, 1.82) is 0 Å². The summed E-state index contributed by atoms with van der Waals surface area (Å²) in [6.07, 6.45) is 5.85. The number of nitrogens with zero attached hydrogens (tertiary/aromatic N) is 2. The van der Waals surface area contributed by atoms with E-state index in [0.717, 1.165) is 12.0 Å². The van der Waals surface area contributed by atoms with Crippen LogP contribution in [-0.2, 0) is 4.79 Å². The minimum absolute atomic E-state index is 0. The van der Waals surface area contributed by atoms with Crippen LogP contribution in [0.2, 0.25) is 0 Å². The van der Waals surface area contributed by atoms with Crippen LogP contribution in [0.3, 0.4) is 0 Å². The Bertz CT molecular complexity index is 798. The maximum absolute atomic E-state index is 12.7. The van der Waals surface area contributed by atoms with Crippen molar-refractivity contribution in [3.8, 4) is 17.1 Å². The second-order valence-electron chi connectivity index (χ2n) is 7.49. The molecule has 0 spiro atoms. The van der Waals surface area contributed by atoms with Gasteiger partial charge < -0.3 is 19.9 Å². The number of fused-ring (bicyclic) bond motifs is 1. The van der Waals surface area contributed by atoms with Crippen molar-refractivity contribution in [3.63, 3.8) is 0 Å². The van der Waals surface area contributed by atoms with Gasteiger partial charge in [-0.1, -0.05) is 30.1 Å². The summed E-state index contributed by atoms with van der Waals surface area (Å²) in [5.41, 5.74) is 0.759. The molecule has 0 radical (unpaired) electrons. The van der Waals surface area contributed by atoms with Gasteiger partial charge in [0.25, 0.3) is 0 Å². The third-order valence-electron chi connectivity index (χ3n) is 5.70. The zero-order chi connectivity index (χ0) is 18.8. The summed E-state index contributed by atoms with van der Waals surface area (Å²) in [5.74, 6) is 2.16. The summed E-state index contributed by atoms with van der Waals surface area (Å²) in [6.45, 7) is 1.86. The zero-order valence-electron chi connectivity index (χ0n) is 16.2. The van der Waals surface area contributed by atoms with Gasteiger partial charge >= 0.3 is 0 Å². The number of amides is 1. The molecule has 4 atom stereocenters. The molecule has 2 N–H and O–H groups in total. The number of benzene rings is 1. The van der Waals surface area contributed by atoms with E-state index < -0.39 is 0 Å². The topological polar surface area (TPSA) is 89.3 Å². The third kappa shape index (κ3) is 4.15. The van der Waals surface area contributed by atoms with Gasteiger partial charge in [-0.2, -0.15) is 4.98 Å². The zero-order valence-corrected chi connectivity index (χ0v) is 17.0. The fourth-order valence-electron chi connectivity index (χ4n) is 4.25. The fraction of sp³-hybridized carbons (Fsp3) is 0.550. The lowest BCUT2D eigenvalue weighted by Gasteiger charge is -2.24. The van der Waals surface area contributed by atoms with Crippen LogP contribution < -0.4 is 15.4 Å². The Hall–Kier alpha value is -2.12. The molecule has 28 heavy (non-hydrogen) atoms. The SMILES string of the molecule is COc1ccccc1-c1noc(C(C)NC(=O)C2CC3CCCCC3N2)n1.Cl. The number of methoxy groups -OCH3 is 1. The predicted molar refractivity (Wildman–Crippen MR) is 107 cm³/mol. The van der Waals surface area contributed by atoms with Crippen LogP contribution in [0.5, 0.6) is 5.75 Å². The van der Waals surface area contributed by atoms with Gasteiger partial charge in [0.15, 0.2) is 0 Å². The molecule has 0 bridgehead atoms. The Labute approximate surface area is 171 Å². The molecule has 2 aliphatic rings. The summed E-state index contributed by atoms with van der Waals surface area (Å²) in [6, 6.07) is 7.52. The van der Waals surface area contributed by atoms with E-state index in [1.54, 1.807) is 7.11 Å². The smallest absolute Gasteiger partial charge is 0.249 e. The van der Waals surface area contributed by atoms with Crippen molar-refractivity contribution >= 4 is 18.3 Å². The Kier molecular flexibility index (Phi) is 6.57. The van der Waals surface area contributed by atoms with Crippen LogP contribution in [0.1, 0.15) is 51.0 Å². The average Bonchev–Trinajstić information content (AvgIpc) is 3.35. The van der Waals surface area contributed by atoms with E-state index >= 15 is 0 Å². The number of ether oxygens (including phenoxy) is 1. The number of hydrogen-bond donors (Lipinski definition) is 2. The van der Waals surface area contributed by atoms with Crippen molar-refractivity contribution in [2.75, 3.05) is 7.11 Å². The van der Waals surface area contributed by atoms with Crippen LogP contribution >= 0.6 is 12.4 Å². The molecule has 2 fully saturated rings. The summed E-state index contributed by atoms with van der Waals surface area (Å²) >= 11 is 0. The second-order valence-corrected chi connectivity index (χ2v) is 7.49. The summed E-state index contributed by atoms with van der Waals surface area (Å²) in [5, 5.41) is 10.6. The van der Waals surface area contributed by atoms with Crippen molar-refractivity contribution in [1.82, 2.24) is 20.8 Å². The monoisotopic (exact) mass is 406 g/mol. The van der Waals surface area contributed by atoms with Crippen molar-refractivity contribution in [3.05, 3.63) is 30.2 Å². The Morgan fingerprint density at radius 2 is 2.11 bits per heavy atom.